The van der Waals surface area contributed by atoms with E-state index in [0.29, 0.717) is 14.3 Å². The van der Waals surface area contributed by atoms with Crippen molar-refractivity contribution >= 4 is 21.9 Å². The van der Waals surface area contributed by atoms with Gasteiger partial charge in [-0.1, -0.05) is 0 Å². The van der Waals surface area contributed by atoms with Crippen LogP contribution in [0.25, 0.3) is 0 Å². The maximum absolute atomic E-state index is 1.64. The molecular formula is C3H6GeSi. The summed E-state index contributed by atoms with van der Waals surface area (Å²) in [6.45, 7) is 0. The van der Waals surface area contributed by atoms with Crippen LogP contribution in [0.5, 0.6) is 0 Å². The molecule has 0 aliphatic carbocycles. The third-order valence-electron chi connectivity index (χ3n) is 0.729. The van der Waals surface area contributed by atoms with Gasteiger partial charge in [0.1, 0.15) is 0 Å². The maximum atomic E-state index is 1.64. The third-order valence-corrected chi connectivity index (χ3v) is 7.29. The molecular weight excluding hydrogens is 137 g/mol. The van der Waals surface area contributed by atoms with Crippen LogP contribution < -0.4 is 0 Å². The molecule has 1 aliphatic heterocycles. The molecule has 2 heteroatoms. The van der Waals surface area contributed by atoms with E-state index in [1.165, 1.54) is 7.58 Å². The second kappa shape index (κ2) is 2.03. The summed E-state index contributed by atoms with van der Waals surface area (Å²) >= 11 is 0.667. The molecule has 1 aliphatic rings. The fourth-order valence-electron chi connectivity index (χ4n) is 0.442. The Labute approximate surface area is 40.1 Å². The second-order valence-corrected chi connectivity index (χ2v) is 7.91. The van der Waals surface area contributed by atoms with Gasteiger partial charge in [-0.15, -0.1) is 0 Å². The van der Waals surface area contributed by atoms with E-state index in [-0.39, 0.29) is 0 Å². The Kier molecular flexibility index (Phi) is 1.60. The summed E-state index contributed by atoms with van der Waals surface area (Å²) in [5, 5.41) is 1.64. The van der Waals surface area contributed by atoms with Crippen molar-refractivity contribution < 1.29 is 0 Å². The molecule has 0 fully saturated rings. The van der Waals surface area contributed by atoms with E-state index in [9.17, 15) is 0 Å². The van der Waals surface area contributed by atoms with E-state index in [1.807, 2.05) is 0 Å². The Balaban J connectivity index is 2.32. The summed E-state index contributed by atoms with van der Waals surface area (Å²) in [5.74, 6) is 0. The molecule has 0 unspecified atom stereocenters. The van der Waals surface area contributed by atoms with Gasteiger partial charge in [0.2, 0.25) is 0 Å². The van der Waals surface area contributed by atoms with E-state index < -0.39 is 0 Å². The summed E-state index contributed by atoms with van der Waals surface area (Å²) in [6, 6.07) is 1.58. The van der Waals surface area contributed by atoms with Gasteiger partial charge in [-0.25, -0.2) is 0 Å². The normalized spacial score (nSPS) is 20.8. The Morgan fingerprint density at radius 2 is 2.60 bits per heavy atom. The van der Waals surface area contributed by atoms with Crippen LogP contribution in [-0.2, 0) is 0 Å². The van der Waals surface area contributed by atoms with Crippen LogP contribution in [-0.4, -0.2) is 21.9 Å². The Morgan fingerprint density at radius 3 is 2.80 bits per heavy atom. The van der Waals surface area contributed by atoms with Crippen molar-refractivity contribution in [3.63, 3.8) is 0 Å². The van der Waals surface area contributed by atoms with Crippen LogP contribution >= 0.6 is 0 Å². The molecule has 5 heavy (non-hydrogen) atoms. The number of rotatable bonds is 0. The molecule has 2 radical (unpaired) electrons. The van der Waals surface area contributed by atoms with E-state index in [1.54, 1.807) is 17.7 Å². The van der Waals surface area contributed by atoms with Crippen molar-refractivity contribution in [2.24, 2.45) is 0 Å². The van der Waals surface area contributed by atoms with Crippen LogP contribution in [0.3, 0.4) is 0 Å². The van der Waals surface area contributed by atoms with Crippen molar-refractivity contribution in [2.75, 3.05) is 0 Å². The number of hydrogen-bond donors (Lipinski definition) is 0. The van der Waals surface area contributed by atoms with Crippen molar-refractivity contribution in [2.45, 2.75) is 17.7 Å². The summed E-state index contributed by atoms with van der Waals surface area (Å²) in [4.78, 5) is 0. The van der Waals surface area contributed by atoms with Crippen LogP contribution in [0, 0.1) is 0 Å². The van der Waals surface area contributed by atoms with E-state index >= 15 is 0 Å². The van der Waals surface area contributed by atoms with Gasteiger partial charge in [-0.2, -0.15) is 0 Å². The predicted octanol–water partition coefficient (Wildman–Crippen LogP) is 0.550. The van der Waals surface area contributed by atoms with Crippen molar-refractivity contribution in [1.82, 2.24) is 0 Å². The summed E-state index contributed by atoms with van der Waals surface area (Å²) < 4.78 is 0. The average molecular weight is 143 g/mol. The minimum atomic E-state index is 0.667. The second-order valence-electron chi connectivity index (χ2n) is 1.21. The van der Waals surface area contributed by atoms with Crippen molar-refractivity contribution in [3.05, 3.63) is 0 Å². The average Bonchev–Trinajstić information content (AvgIpc) is 1.76. The molecule has 1 heterocycles. The zero-order valence-corrected chi connectivity index (χ0v) is 6.22. The number of hydrogen-bond acceptors (Lipinski definition) is 0. The van der Waals surface area contributed by atoms with Crippen LogP contribution in [0.4, 0.5) is 0 Å². The van der Waals surface area contributed by atoms with Gasteiger partial charge in [0.25, 0.3) is 0 Å². The molecule has 0 bridgehead atoms. The van der Waals surface area contributed by atoms with Gasteiger partial charge in [-0.3, -0.25) is 0 Å². The zero-order chi connectivity index (χ0) is 3.54. The Morgan fingerprint density at radius 1 is 1.60 bits per heavy atom. The van der Waals surface area contributed by atoms with Gasteiger partial charge in [0, 0.05) is 0 Å². The minimum absolute atomic E-state index is 0.667. The monoisotopic (exact) mass is 144 g/mol. The molecule has 0 saturated heterocycles. The van der Waals surface area contributed by atoms with Crippen molar-refractivity contribution in [3.8, 4) is 0 Å². The van der Waals surface area contributed by atoms with Gasteiger partial charge < -0.3 is 0 Å². The van der Waals surface area contributed by atoms with Crippen LogP contribution in [0.2, 0.25) is 11.3 Å². The fourth-order valence-corrected chi connectivity index (χ4v) is 6.89. The first kappa shape index (κ1) is 3.93. The van der Waals surface area contributed by atoms with E-state index in [4.69, 9.17) is 0 Å². The fraction of sp³-hybridized carbons (Fsp3) is 1.00. The van der Waals surface area contributed by atoms with Gasteiger partial charge in [-0.05, 0) is 0 Å². The van der Waals surface area contributed by atoms with Gasteiger partial charge in [0.05, 0.1) is 0 Å². The first-order valence-corrected chi connectivity index (χ1v) is 7.79. The summed E-state index contributed by atoms with van der Waals surface area (Å²) in [7, 11) is 1.43. The first-order chi connectivity index (χ1) is 2.50. The molecule has 0 aromatic heterocycles. The topological polar surface area (TPSA) is 0 Å². The van der Waals surface area contributed by atoms with E-state index in [0.717, 1.165) is 0 Å². The molecule has 0 aromatic carbocycles. The SMILES string of the molecule is C1C[Si]=[Ge][CH2]1. The molecule has 0 nitrogen and oxygen atoms in total. The molecule has 1 rings (SSSR count). The molecule has 0 spiro atoms. The van der Waals surface area contributed by atoms with Crippen LogP contribution in [0.15, 0.2) is 0 Å². The van der Waals surface area contributed by atoms with Gasteiger partial charge >= 0.3 is 39.6 Å². The van der Waals surface area contributed by atoms with Gasteiger partial charge in [0.15, 0.2) is 0 Å². The first-order valence-electron chi connectivity index (χ1n) is 1.96. The summed E-state index contributed by atoms with van der Waals surface area (Å²) in [6.07, 6.45) is 1.57. The molecule has 0 N–H and O–H groups in total. The molecule has 0 amide bonds. The standard InChI is InChI=1S/C3H6GeSi/c1-2-4-5-3-1/h1-3H2. The van der Waals surface area contributed by atoms with Crippen LogP contribution in [0.1, 0.15) is 6.42 Å². The molecule has 0 atom stereocenters. The van der Waals surface area contributed by atoms with E-state index in [2.05, 4.69) is 0 Å². The molecule has 26 valence electrons. The quantitative estimate of drug-likeness (QED) is 0.434. The third kappa shape index (κ3) is 1.09. The van der Waals surface area contributed by atoms with Crippen molar-refractivity contribution in [1.29, 1.82) is 0 Å². The Bertz CT molecular complexity index is 44.9. The predicted molar refractivity (Wildman–Crippen MR) is 25.7 cm³/mol. The summed E-state index contributed by atoms with van der Waals surface area (Å²) in [5.41, 5.74) is 0. The zero-order valence-electron chi connectivity index (χ0n) is 3.12. The molecule has 0 saturated carbocycles. The Hall–Kier alpha value is 0.760. The molecule has 0 aromatic rings.